The maximum atomic E-state index is 11.7. The smallest absolute Gasteiger partial charge is 0.306 e. The van der Waals surface area contributed by atoms with Crippen LogP contribution in [0.3, 0.4) is 0 Å². The Kier molecular flexibility index (Phi) is 8.42. The van der Waals surface area contributed by atoms with Crippen LogP contribution in [0, 0.1) is 5.92 Å². The molecular weight excluding hydrogens is 272 g/mol. The van der Waals surface area contributed by atoms with Gasteiger partial charge in [0.15, 0.2) is 0 Å². The zero-order valence-corrected chi connectivity index (χ0v) is 13.6. The Bertz CT molecular complexity index is 393. The van der Waals surface area contributed by atoms with Crippen molar-refractivity contribution in [1.29, 1.82) is 0 Å². The maximum Gasteiger partial charge on any atom is 0.306 e. The molecule has 1 heterocycles. The van der Waals surface area contributed by atoms with E-state index >= 15 is 0 Å². The van der Waals surface area contributed by atoms with Crippen molar-refractivity contribution in [1.82, 2.24) is 9.78 Å². The minimum Gasteiger partial charge on any atom is -0.465 e. The van der Waals surface area contributed by atoms with Gasteiger partial charge in [0.2, 0.25) is 0 Å². The molecule has 4 nitrogen and oxygen atoms in total. The van der Waals surface area contributed by atoms with Crippen LogP contribution >= 0.6 is 11.8 Å². The van der Waals surface area contributed by atoms with Crippen molar-refractivity contribution in [3.63, 3.8) is 0 Å². The Labute approximate surface area is 126 Å². The van der Waals surface area contributed by atoms with E-state index in [1.165, 1.54) is 12.8 Å². The van der Waals surface area contributed by atoms with Crippen LogP contribution in [0.2, 0.25) is 0 Å². The number of carbonyl (C=O) groups excluding carboxylic acids is 1. The first-order valence-electron chi connectivity index (χ1n) is 7.43. The van der Waals surface area contributed by atoms with E-state index in [2.05, 4.69) is 18.9 Å². The minimum absolute atomic E-state index is 0.0883. The maximum absolute atomic E-state index is 11.7. The highest BCUT2D eigenvalue weighted by molar-refractivity contribution is 7.99. The highest BCUT2D eigenvalue weighted by Crippen LogP contribution is 2.18. The molecule has 1 rings (SSSR count). The first-order valence-corrected chi connectivity index (χ1v) is 8.42. The Balaban J connectivity index is 2.15. The minimum atomic E-state index is -0.0883. The Morgan fingerprint density at radius 3 is 2.90 bits per heavy atom. The normalized spacial score (nSPS) is 12.3. The third kappa shape index (κ3) is 6.46. The second kappa shape index (κ2) is 9.86. The SMILES string of the molecule is CCCCC(CC)COC(=O)CCSc1ccnn1C. The van der Waals surface area contributed by atoms with Gasteiger partial charge in [-0.15, -0.1) is 11.8 Å². The Morgan fingerprint density at radius 1 is 1.50 bits per heavy atom. The van der Waals surface area contributed by atoms with Gasteiger partial charge in [0.05, 0.1) is 24.3 Å². The molecule has 1 aromatic heterocycles. The molecule has 20 heavy (non-hydrogen) atoms. The number of unbranched alkanes of at least 4 members (excludes halogenated alkanes) is 1. The largest absolute Gasteiger partial charge is 0.465 e. The molecule has 1 aromatic rings. The van der Waals surface area contributed by atoms with E-state index in [1.54, 1.807) is 18.0 Å². The molecule has 0 bridgehead atoms. The highest BCUT2D eigenvalue weighted by atomic mass is 32.2. The monoisotopic (exact) mass is 298 g/mol. The molecule has 0 saturated heterocycles. The summed E-state index contributed by atoms with van der Waals surface area (Å²) in [5.41, 5.74) is 0. The number of aromatic nitrogens is 2. The van der Waals surface area contributed by atoms with Crippen molar-refractivity contribution in [3.05, 3.63) is 12.3 Å². The molecule has 0 N–H and O–H groups in total. The number of aryl methyl sites for hydroxylation is 1. The van der Waals surface area contributed by atoms with Crippen molar-refractivity contribution in [2.45, 2.75) is 51.0 Å². The van der Waals surface area contributed by atoms with E-state index in [9.17, 15) is 4.79 Å². The molecule has 0 aromatic carbocycles. The van der Waals surface area contributed by atoms with Crippen LogP contribution in [0.4, 0.5) is 0 Å². The van der Waals surface area contributed by atoms with Crippen LogP contribution in [0.1, 0.15) is 46.0 Å². The number of carbonyl (C=O) groups is 1. The lowest BCUT2D eigenvalue weighted by Crippen LogP contribution is -2.14. The van der Waals surface area contributed by atoms with Crippen LogP contribution in [0.15, 0.2) is 17.3 Å². The summed E-state index contributed by atoms with van der Waals surface area (Å²) in [7, 11) is 1.90. The third-order valence-corrected chi connectivity index (χ3v) is 4.46. The number of hydrogen-bond donors (Lipinski definition) is 0. The first-order chi connectivity index (χ1) is 9.67. The molecule has 0 aliphatic rings. The van der Waals surface area contributed by atoms with E-state index in [-0.39, 0.29) is 5.97 Å². The quantitative estimate of drug-likeness (QED) is 0.488. The van der Waals surface area contributed by atoms with Crippen LogP contribution < -0.4 is 0 Å². The molecule has 5 heteroatoms. The standard InChI is InChI=1S/C15H26N2O2S/c1-4-6-7-13(5-2)12-19-15(18)9-11-20-14-8-10-16-17(14)3/h8,10,13H,4-7,9,11-12H2,1-3H3. The van der Waals surface area contributed by atoms with E-state index < -0.39 is 0 Å². The highest BCUT2D eigenvalue weighted by Gasteiger charge is 2.10. The van der Waals surface area contributed by atoms with Gasteiger partial charge in [0, 0.05) is 12.8 Å². The van der Waals surface area contributed by atoms with Crippen LogP contribution in [-0.2, 0) is 16.6 Å². The van der Waals surface area contributed by atoms with Gasteiger partial charge in [0.1, 0.15) is 0 Å². The summed E-state index contributed by atoms with van der Waals surface area (Å²) >= 11 is 1.64. The van der Waals surface area contributed by atoms with Gasteiger partial charge in [0.25, 0.3) is 0 Å². The van der Waals surface area contributed by atoms with Crippen LogP contribution in [0.25, 0.3) is 0 Å². The van der Waals surface area contributed by atoms with Gasteiger partial charge in [-0.1, -0.05) is 33.1 Å². The second-order valence-electron chi connectivity index (χ2n) is 4.99. The van der Waals surface area contributed by atoms with Crippen molar-refractivity contribution in [2.75, 3.05) is 12.4 Å². The molecule has 0 amide bonds. The van der Waals surface area contributed by atoms with Gasteiger partial charge >= 0.3 is 5.97 Å². The molecule has 0 radical (unpaired) electrons. The van der Waals surface area contributed by atoms with E-state index in [0.717, 1.165) is 23.6 Å². The van der Waals surface area contributed by atoms with Crippen molar-refractivity contribution in [3.8, 4) is 0 Å². The summed E-state index contributed by atoms with van der Waals surface area (Å²) < 4.78 is 7.18. The van der Waals surface area contributed by atoms with Gasteiger partial charge in [-0.25, -0.2) is 0 Å². The lowest BCUT2D eigenvalue weighted by molar-refractivity contribution is -0.144. The number of thioether (sulfide) groups is 1. The van der Waals surface area contributed by atoms with Crippen molar-refractivity contribution < 1.29 is 9.53 Å². The van der Waals surface area contributed by atoms with Crippen LogP contribution in [-0.4, -0.2) is 28.1 Å². The predicted octanol–water partition coefficient (Wildman–Crippen LogP) is 3.66. The average molecular weight is 298 g/mol. The summed E-state index contributed by atoms with van der Waals surface area (Å²) in [6.45, 7) is 4.92. The molecule has 1 unspecified atom stereocenters. The summed E-state index contributed by atoms with van der Waals surface area (Å²) in [5.74, 6) is 1.17. The summed E-state index contributed by atoms with van der Waals surface area (Å²) in [6, 6.07) is 1.95. The molecule has 0 saturated carbocycles. The molecule has 0 aliphatic heterocycles. The lowest BCUT2D eigenvalue weighted by atomic mass is 10.0. The number of rotatable bonds is 10. The first kappa shape index (κ1) is 17.1. The molecule has 0 aliphatic carbocycles. The lowest BCUT2D eigenvalue weighted by Gasteiger charge is -2.14. The van der Waals surface area contributed by atoms with Gasteiger partial charge in [-0.05, 0) is 18.4 Å². The van der Waals surface area contributed by atoms with Gasteiger partial charge in [-0.3, -0.25) is 9.48 Å². The molecule has 114 valence electrons. The number of ether oxygens (including phenoxy) is 1. The van der Waals surface area contributed by atoms with Gasteiger partial charge in [-0.2, -0.15) is 5.10 Å². The zero-order chi connectivity index (χ0) is 14.8. The molecule has 0 spiro atoms. The fourth-order valence-corrected chi connectivity index (χ4v) is 2.79. The summed E-state index contributed by atoms with van der Waals surface area (Å²) in [5, 5.41) is 5.17. The predicted molar refractivity (Wildman–Crippen MR) is 82.8 cm³/mol. The van der Waals surface area contributed by atoms with Crippen molar-refractivity contribution >= 4 is 17.7 Å². The molecule has 0 fully saturated rings. The zero-order valence-electron chi connectivity index (χ0n) is 12.8. The fraction of sp³-hybridized carbons (Fsp3) is 0.733. The van der Waals surface area contributed by atoms with Crippen molar-refractivity contribution in [2.24, 2.45) is 13.0 Å². The molecule has 1 atom stereocenters. The number of esters is 1. The topological polar surface area (TPSA) is 44.1 Å². The third-order valence-electron chi connectivity index (χ3n) is 3.36. The molecular formula is C15H26N2O2S. The number of nitrogens with zero attached hydrogens (tertiary/aromatic N) is 2. The van der Waals surface area contributed by atoms with E-state index in [0.29, 0.717) is 18.9 Å². The summed E-state index contributed by atoms with van der Waals surface area (Å²) in [6.07, 6.45) is 6.87. The average Bonchev–Trinajstić information content (AvgIpc) is 2.85. The fourth-order valence-electron chi connectivity index (χ4n) is 1.92. The number of hydrogen-bond acceptors (Lipinski definition) is 4. The Morgan fingerprint density at radius 2 is 2.30 bits per heavy atom. The van der Waals surface area contributed by atoms with E-state index in [1.807, 2.05) is 17.8 Å². The summed E-state index contributed by atoms with van der Waals surface area (Å²) in [4.78, 5) is 11.7. The Hall–Kier alpha value is -0.970. The second-order valence-corrected chi connectivity index (χ2v) is 6.11. The van der Waals surface area contributed by atoms with Crippen LogP contribution in [0.5, 0.6) is 0 Å². The van der Waals surface area contributed by atoms with E-state index in [4.69, 9.17) is 4.74 Å². The van der Waals surface area contributed by atoms with Gasteiger partial charge < -0.3 is 4.74 Å².